The number of carbonyl (C=O) groups is 1. The highest BCUT2D eigenvalue weighted by Crippen LogP contribution is 2.23. The van der Waals surface area contributed by atoms with Crippen LogP contribution in [-0.4, -0.2) is 5.78 Å². The van der Waals surface area contributed by atoms with Crippen LogP contribution in [0.3, 0.4) is 0 Å². The van der Waals surface area contributed by atoms with Gasteiger partial charge < -0.3 is 4.74 Å². The summed E-state index contributed by atoms with van der Waals surface area (Å²) in [5, 5.41) is 0. The second-order valence-electron chi connectivity index (χ2n) is 5.11. The summed E-state index contributed by atoms with van der Waals surface area (Å²) in [4.78, 5) is 12.6. The molecule has 2 nitrogen and oxygen atoms in total. The van der Waals surface area contributed by atoms with Crippen molar-refractivity contribution in [2.24, 2.45) is 0 Å². The molecule has 0 saturated heterocycles. The second kappa shape index (κ2) is 7.25. The molecule has 0 fully saturated rings. The fourth-order valence-corrected chi connectivity index (χ4v) is 2.53. The van der Waals surface area contributed by atoms with E-state index in [9.17, 15) is 4.79 Å². The molecular weight excluding hydrogens is 352 g/mol. The van der Waals surface area contributed by atoms with Crippen molar-refractivity contribution in [2.75, 3.05) is 0 Å². The van der Waals surface area contributed by atoms with Crippen molar-refractivity contribution < 1.29 is 9.53 Å². The lowest BCUT2D eigenvalue weighted by molar-refractivity contribution is 0.103. The first-order valence-electron chi connectivity index (χ1n) is 7.30. The maximum Gasteiger partial charge on any atom is 0.196 e. The first-order chi connectivity index (χ1) is 11.2. The van der Waals surface area contributed by atoms with Crippen LogP contribution in [0, 0.1) is 0 Å². The zero-order chi connectivity index (χ0) is 16.1. The van der Waals surface area contributed by atoms with Crippen molar-refractivity contribution in [1.82, 2.24) is 0 Å². The van der Waals surface area contributed by atoms with E-state index in [0.29, 0.717) is 23.5 Å². The van der Waals surface area contributed by atoms with E-state index in [1.165, 1.54) is 0 Å². The van der Waals surface area contributed by atoms with Gasteiger partial charge in [-0.25, -0.2) is 0 Å². The normalized spacial score (nSPS) is 10.3. The third-order valence-corrected chi connectivity index (χ3v) is 4.00. The van der Waals surface area contributed by atoms with Crippen LogP contribution in [0.2, 0.25) is 0 Å². The Morgan fingerprint density at radius 3 is 2.22 bits per heavy atom. The van der Waals surface area contributed by atoms with E-state index in [-0.39, 0.29) is 5.78 Å². The van der Waals surface area contributed by atoms with Gasteiger partial charge in [0, 0.05) is 10.0 Å². The Morgan fingerprint density at radius 2 is 1.48 bits per heavy atom. The molecule has 3 aromatic carbocycles. The highest BCUT2D eigenvalue weighted by atomic mass is 79.9. The molecule has 0 spiro atoms. The summed E-state index contributed by atoms with van der Waals surface area (Å²) in [5.74, 6) is 0.571. The fourth-order valence-electron chi connectivity index (χ4n) is 2.27. The molecule has 0 aliphatic rings. The molecule has 3 rings (SSSR count). The SMILES string of the molecule is O=C(c1ccccc1)c1ccccc1OCc1ccc(Br)cc1. The summed E-state index contributed by atoms with van der Waals surface area (Å²) >= 11 is 3.41. The van der Waals surface area contributed by atoms with Gasteiger partial charge in [0.1, 0.15) is 12.4 Å². The Labute approximate surface area is 143 Å². The Hall–Kier alpha value is -2.39. The van der Waals surface area contributed by atoms with Crippen molar-refractivity contribution in [2.45, 2.75) is 6.61 Å². The van der Waals surface area contributed by atoms with Crippen molar-refractivity contribution in [3.05, 3.63) is 100 Å². The van der Waals surface area contributed by atoms with Gasteiger partial charge in [-0.15, -0.1) is 0 Å². The predicted octanol–water partition coefficient (Wildman–Crippen LogP) is 5.26. The van der Waals surface area contributed by atoms with Crippen LogP contribution < -0.4 is 4.74 Å². The molecule has 0 unspecified atom stereocenters. The number of ketones is 1. The van der Waals surface area contributed by atoms with Gasteiger partial charge in [-0.2, -0.15) is 0 Å². The van der Waals surface area contributed by atoms with E-state index in [2.05, 4.69) is 15.9 Å². The Bertz CT molecular complexity index is 795. The number of benzene rings is 3. The van der Waals surface area contributed by atoms with E-state index in [0.717, 1.165) is 10.0 Å². The number of para-hydroxylation sites is 1. The molecule has 0 aliphatic carbocycles. The Morgan fingerprint density at radius 1 is 0.826 bits per heavy atom. The monoisotopic (exact) mass is 366 g/mol. The number of rotatable bonds is 5. The van der Waals surface area contributed by atoms with Crippen molar-refractivity contribution in [3.8, 4) is 5.75 Å². The van der Waals surface area contributed by atoms with Crippen LogP contribution in [-0.2, 0) is 6.61 Å². The molecule has 0 amide bonds. The average molecular weight is 367 g/mol. The topological polar surface area (TPSA) is 26.3 Å². The van der Waals surface area contributed by atoms with Crippen LogP contribution in [0.5, 0.6) is 5.75 Å². The van der Waals surface area contributed by atoms with Gasteiger partial charge in [0.25, 0.3) is 0 Å². The van der Waals surface area contributed by atoms with Crippen molar-refractivity contribution in [1.29, 1.82) is 0 Å². The molecule has 3 heteroatoms. The van der Waals surface area contributed by atoms with Crippen molar-refractivity contribution >= 4 is 21.7 Å². The molecule has 114 valence electrons. The van der Waals surface area contributed by atoms with Gasteiger partial charge in [0.05, 0.1) is 5.56 Å². The van der Waals surface area contributed by atoms with Crippen LogP contribution in [0.1, 0.15) is 21.5 Å². The standard InChI is InChI=1S/C20H15BrO2/c21-17-12-10-15(11-13-17)14-23-19-9-5-4-8-18(19)20(22)16-6-2-1-3-7-16/h1-13H,14H2. The quantitative estimate of drug-likeness (QED) is 0.575. The highest BCUT2D eigenvalue weighted by molar-refractivity contribution is 9.10. The summed E-state index contributed by atoms with van der Waals surface area (Å²) in [6.45, 7) is 0.423. The molecule has 23 heavy (non-hydrogen) atoms. The van der Waals surface area contributed by atoms with Gasteiger partial charge >= 0.3 is 0 Å². The molecule has 0 N–H and O–H groups in total. The molecule has 0 aliphatic heterocycles. The molecule has 0 saturated carbocycles. The third kappa shape index (κ3) is 3.88. The zero-order valence-electron chi connectivity index (χ0n) is 12.4. The summed E-state index contributed by atoms with van der Waals surface area (Å²) in [6.07, 6.45) is 0. The molecule has 0 heterocycles. The molecule has 0 radical (unpaired) electrons. The minimum Gasteiger partial charge on any atom is -0.488 e. The summed E-state index contributed by atoms with van der Waals surface area (Å²) in [5.41, 5.74) is 2.29. The van der Waals surface area contributed by atoms with Crippen molar-refractivity contribution in [3.63, 3.8) is 0 Å². The maximum absolute atomic E-state index is 12.6. The predicted molar refractivity (Wildman–Crippen MR) is 94.8 cm³/mol. The maximum atomic E-state index is 12.6. The summed E-state index contributed by atoms with van der Waals surface area (Å²) in [7, 11) is 0. The van der Waals surface area contributed by atoms with Crippen LogP contribution in [0.4, 0.5) is 0 Å². The lowest BCUT2D eigenvalue weighted by atomic mass is 10.0. The van der Waals surface area contributed by atoms with Gasteiger partial charge in [0.15, 0.2) is 5.78 Å². The molecule has 0 bridgehead atoms. The first kappa shape index (κ1) is 15.5. The molecule has 0 aromatic heterocycles. The third-order valence-electron chi connectivity index (χ3n) is 3.48. The number of halogens is 1. The Kier molecular flexibility index (Phi) is 4.89. The number of hydrogen-bond donors (Lipinski definition) is 0. The minimum absolute atomic E-state index is 0.0305. The molecular formula is C20H15BrO2. The van der Waals surface area contributed by atoms with E-state index in [1.807, 2.05) is 72.8 Å². The van der Waals surface area contributed by atoms with E-state index in [4.69, 9.17) is 4.74 Å². The number of ether oxygens (including phenoxy) is 1. The lowest BCUT2D eigenvalue weighted by Gasteiger charge is -2.11. The molecule has 3 aromatic rings. The first-order valence-corrected chi connectivity index (χ1v) is 8.09. The van der Waals surface area contributed by atoms with E-state index >= 15 is 0 Å². The second-order valence-corrected chi connectivity index (χ2v) is 6.02. The fraction of sp³-hybridized carbons (Fsp3) is 0.0500. The van der Waals surface area contributed by atoms with Gasteiger partial charge in [-0.05, 0) is 29.8 Å². The van der Waals surface area contributed by atoms with Crippen LogP contribution in [0.25, 0.3) is 0 Å². The lowest BCUT2D eigenvalue weighted by Crippen LogP contribution is -2.05. The summed E-state index contributed by atoms with van der Waals surface area (Å²) < 4.78 is 6.90. The van der Waals surface area contributed by atoms with Gasteiger partial charge in [-0.3, -0.25) is 4.79 Å². The van der Waals surface area contributed by atoms with Crippen LogP contribution in [0.15, 0.2) is 83.3 Å². The zero-order valence-corrected chi connectivity index (χ0v) is 14.0. The number of carbonyl (C=O) groups excluding carboxylic acids is 1. The minimum atomic E-state index is -0.0305. The highest BCUT2D eigenvalue weighted by Gasteiger charge is 2.14. The van der Waals surface area contributed by atoms with Gasteiger partial charge in [-0.1, -0.05) is 70.5 Å². The van der Waals surface area contributed by atoms with Gasteiger partial charge in [0.2, 0.25) is 0 Å². The average Bonchev–Trinajstić information content (AvgIpc) is 2.62. The van der Waals surface area contributed by atoms with E-state index in [1.54, 1.807) is 6.07 Å². The molecule has 0 atom stereocenters. The Balaban J connectivity index is 1.80. The smallest absolute Gasteiger partial charge is 0.196 e. The van der Waals surface area contributed by atoms with Crippen LogP contribution >= 0.6 is 15.9 Å². The largest absolute Gasteiger partial charge is 0.488 e. The number of hydrogen-bond acceptors (Lipinski definition) is 2. The van der Waals surface area contributed by atoms with E-state index < -0.39 is 0 Å². The summed E-state index contributed by atoms with van der Waals surface area (Å²) in [6, 6.07) is 24.5.